The molecule has 0 N–H and O–H groups in total. The van der Waals surface area contributed by atoms with Crippen LogP contribution in [0.4, 0.5) is 0 Å². The summed E-state index contributed by atoms with van der Waals surface area (Å²) in [7, 11) is 0. The molecule has 0 amide bonds. The number of unbranched alkanes of at least 4 members (excludes halogenated alkanes) is 41. The Morgan fingerprint density at radius 3 is 0.759 bits per heavy atom. The second-order valence-electron chi connectivity index (χ2n) is 24.1. The molecule has 0 aromatic carbocycles. The fourth-order valence-electron chi connectivity index (χ4n) is 10.5. The quantitative estimate of drug-likeness (QED) is 0.0261. The van der Waals surface area contributed by atoms with E-state index < -0.39 is 6.10 Å². The van der Waals surface area contributed by atoms with Gasteiger partial charge < -0.3 is 14.2 Å². The number of esters is 3. The van der Waals surface area contributed by atoms with Crippen molar-refractivity contribution >= 4 is 17.9 Å². The van der Waals surface area contributed by atoms with Gasteiger partial charge in [0.25, 0.3) is 0 Å². The van der Waals surface area contributed by atoms with Gasteiger partial charge in [0.15, 0.2) is 6.10 Å². The summed E-state index contributed by atoms with van der Waals surface area (Å²) in [4.78, 5) is 38.4. The van der Waals surface area contributed by atoms with E-state index in [1.165, 1.54) is 218 Å². The Balaban J connectivity index is 4.23. The van der Waals surface area contributed by atoms with Crippen LogP contribution >= 0.6 is 0 Å². The molecular formula is C77H136O6. The van der Waals surface area contributed by atoms with Crippen LogP contribution in [0.15, 0.2) is 85.1 Å². The summed E-state index contributed by atoms with van der Waals surface area (Å²) in [6.45, 7) is 6.52. The average Bonchev–Trinajstić information content (AvgIpc) is 3.50. The molecule has 0 radical (unpaired) electrons. The lowest BCUT2D eigenvalue weighted by molar-refractivity contribution is -0.167. The number of allylic oxidation sites excluding steroid dienone is 14. The summed E-state index contributed by atoms with van der Waals surface area (Å²) in [5.74, 6) is -0.884. The van der Waals surface area contributed by atoms with Gasteiger partial charge in [0.2, 0.25) is 0 Å². The fraction of sp³-hybridized carbons (Fsp3) is 0.779. The largest absolute Gasteiger partial charge is 0.462 e. The van der Waals surface area contributed by atoms with Crippen LogP contribution < -0.4 is 0 Å². The maximum atomic E-state index is 12.9. The van der Waals surface area contributed by atoms with Gasteiger partial charge in [0.1, 0.15) is 13.2 Å². The Hall–Kier alpha value is -3.41. The molecule has 0 aliphatic heterocycles. The van der Waals surface area contributed by atoms with Crippen LogP contribution in [0.3, 0.4) is 0 Å². The Labute approximate surface area is 515 Å². The van der Waals surface area contributed by atoms with Crippen molar-refractivity contribution < 1.29 is 28.6 Å². The summed E-state index contributed by atoms with van der Waals surface area (Å²) in [5.41, 5.74) is 0. The highest BCUT2D eigenvalue weighted by atomic mass is 16.6. The second kappa shape index (κ2) is 71.1. The van der Waals surface area contributed by atoms with Crippen molar-refractivity contribution in [2.45, 2.75) is 374 Å². The number of carbonyl (C=O) groups excluding carboxylic acids is 3. The lowest BCUT2D eigenvalue weighted by Gasteiger charge is -2.18. The van der Waals surface area contributed by atoms with Crippen molar-refractivity contribution in [2.24, 2.45) is 0 Å². The molecule has 0 aliphatic carbocycles. The van der Waals surface area contributed by atoms with Crippen molar-refractivity contribution in [1.82, 2.24) is 0 Å². The Morgan fingerprint density at radius 2 is 0.470 bits per heavy atom. The number of hydrogen-bond acceptors (Lipinski definition) is 6. The number of rotatable bonds is 66. The van der Waals surface area contributed by atoms with Gasteiger partial charge in [-0.2, -0.15) is 0 Å². The zero-order chi connectivity index (χ0) is 59.9. The predicted molar refractivity (Wildman–Crippen MR) is 362 cm³/mol. The van der Waals surface area contributed by atoms with Gasteiger partial charge in [0.05, 0.1) is 0 Å². The number of carbonyl (C=O) groups is 3. The molecule has 0 spiro atoms. The van der Waals surface area contributed by atoms with E-state index in [1.54, 1.807) is 0 Å². The molecule has 6 heteroatoms. The van der Waals surface area contributed by atoms with Crippen LogP contribution in [0.2, 0.25) is 0 Å². The molecule has 0 rings (SSSR count). The Bertz CT molecular complexity index is 1570. The minimum absolute atomic E-state index is 0.0808. The molecule has 0 aromatic heterocycles. The molecule has 1 unspecified atom stereocenters. The molecule has 0 aliphatic rings. The van der Waals surface area contributed by atoms with Crippen LogP contribution in [-0.2, 0) is 28.6 Å². The Kier molecular flexibility index (Phi) is 68.2. The van der Waals surface area contributed by atoms with E-state index in [2.05, 4.69) is 106 Å². The first kappa shape index (κ1) is 79.6. The molecular weight excluding hydrogens is 1020 g/mol. The molecule has 0 saturated heterocycles. The second-order valence-corrected chi connectivity index (χ2v) is 24.1. The first-order valence-corrected chi connectivity index (χ1v) is 36.1. The topological polar surface area (TPSA) is 78.9 Å². The molecule has 0 bridgehead atoms. The number of hydrogen-bond donors (Lipinski definition) is 0. The predicted octanol–water partition coefficient (Wildman–Crippen LogP) is 25.0. The highest BCUT2D eigenvalue weighted by Gasteiger charge is 2.19. The molecule has 0 fully saturated rings. The third-order valence-electron chi connectivity index (χ3n) is 15.9. The summed E-state index contributed by atoms with van der Waals surface area (Å²) in [5, 5.41) is 0. The van der Waals surface area contributed by atoms with Crippen LogP contribution in [-0.4, -0.2) is 37.2 Å². The van der Waals surface area contributed by atoms with Crippen molar-refractivity contribution in [1.29, 1.82) is 0 Å². The standard InChI is InChI=1S/C77H136O6/c1-4-7-10-13-16-19-22-25-28-30-32-33-34-35-36-37-38-39-40-41-42-43-45-46-49-52-55-58-61-64-67-70-76(79)82-73-74(72-81-75(78)69-66-63-60-57-54-51-48-27-24-21-18-15-12-9-6-3)83-77(80)71-68-65-62-59-56-53-50-47-44-31-29-26-23-20-17-14-11-8-5-2/h9,12,17-18,20-22,25-27,29-30,32,48,74H,4-8,10-11,13-16,19,23-24,28,31,33-47,49-73H2,1-3H3/b12-9-,20-17-,21-18-,25-22-,29-26-,32-30-,48-27-. The minimum Gasteiger partial charge on any atom is -0.462 e. The zero-order valence-electron chi connectivity index (χ0n) is 55.2. The summed E-state index contributed by atoms with van der Waals surface area (Å²) in [6.07, 6.45) is 94.8. The van der Waals surface area contributed by atoms with E-state index in [1.807, 2.05) is 0 Å². The maximum Gasteiger partial charge on any atom is 0.306 e. The smallest absolute Gasteiger partial charge is 0.306 e. The lowest BCUT2D eigenvalue weighted by atomic mass is 10.0. The first-order valence-electron chi connectivity index (χ1n) is 36.1. The molecule has 0 saturated carbocycles. The van der Waals surface area contributed by atoms with Crippen LogP contribution in [0.25, 0.3) is 0 Å². The summed E-state index contributed by atoms with van der Waals surface area (Å²) >= 11 is 0. The fourth-order valence-corrected chi connectivity index (χ4v) is 10.5. The third-order valence-corrected chi connectivity index (χ3v) is 15.9. The summed E-state index contributed by atoms with van der Waals surface area (Å²) in [6, 6.07) is 0. The number of ether oxygens (including phenoxy) is 3. The molecule has 0 heterocycles. The van der Waals surface area contributed by atoms with Gasteiger partial charge >= 0.3 is 17.9 Å². The van der Waals surface area contributed by atoms with Gasteiger partial charge in [0, 0.05) is 19.3 Å². The van der Waals surface area contributed by atoms with Gasteiger partial charge in [-0.25, -0.2) is 0 Å². The minimum atomic E-state index is -0.787. The molecule has 6 nitrogen and oxygen atoms in total. The highest BCUT2D eigenvalue weighted by molar-refractivity contribution is 5.71. The zero-order valence-corrected chi connectivity index (χ0v) is 55.2. The van der Waals surface area contributed by atoms with E-state index in [0.29, 0.717) is 19.3 Å². The van der Waals surface area contributed by atoms with Crippen LogP contribution in [0.1, 0.15) is 367 Å². The monoisotopic (exact) mass is 1160 g/mol. The molecule has 480 valence electrons. The molecule has 0 aromatic rings. The average molecular weight is 1160 g/mol. The van der Waals surface area contributed by atoms with Crippen molar-refractivity contribution in [2.75, 3.05) is 13.2 Å². The normalized spacial score (nSPS) is 12.6. The van der Waals surface area contributed by atoms with Gasteiger partial charge in [-0.3, -0.25) is 14.4 Å². The van der Waals surface area contributed by atoms with E-state index in [0.717, 1.165) is 109 Å². The summed E-state index contributed by atoms with van der Waals surface area (Å²) < 4.78 is 17.0. The first-order chi connectivity index (χ1) is 41.0. The van der Waals surface area contributed by atoms with Crippen LogP contribution in [0, 0.1) is 0 Å². The maximum absolute atomic E-state index is 12.9. The van der Waals surface area contributed by atoms with Gasteiger partial charge in [-0.15, -0.1) is 0 Å². The molecule has 83 heavy (non-hydrogen) atoms. The SMILES string of the molecule is CC/C=C\C/C=C\C/C=C\CCCCCCCC(=O)OCC(COC(=O)CCCCCCCCCCCCCCCCCCCCC/C=C\C/C=C\CCCCCCC)OC(=O)CCCCCCCCCCC/C=C\C/C=C\CCCCC. The lowest BCUT2D eigenvalue weighted by Crippen LogP contribution is -2.30. The van der Waals surface area contributed by atoms with Crippen molar-refractivity contribution in [3.8, 4) is 0 Å². The third kappa shape index (κ3) is 69.3. The van der Waals surface area contributed by atoms with Gasteiger partial charge in [-0.1, -0.05) is 318 Å². The Morgan fingerprint density at radius 1 is 0.253 bits per heavy atom. The van der Waals surface area contributed by atoms with Gasteiger partial charge in [-0.05, 0) is 116 Å². The van der Waals surface area contributed by atoms with Crippen molar-refractivity contribution in [3.63, 3.8) is 0 Å². The van der Waals surface area contributed by atoms with E-state index in [9.17, 15) is 14.4 Å². The van der Waals surface area contributed by atoms with Crippen LogP contribution in [0.5, 0.6) is 0 Å². The highest BCUT2D eigenvalue weighted by Crippen LogP contribution is 2.18. The van der Waals surface area contributed by atoms with E-state index in [-0.39, 0.29) is 31.1 Å². The molecule has 1 atom stereocenters. The van der Waals surface area contributed by atoms with E-state index in [4.69, 9.17) is 14.2 Å². The van der Waals surface area contributed by atoms with E-state index >= 15 is 0 Å². The van der Waals surface area contributed by atoms with Crippen molar-refractivity contribution in [3.05, 3.63) is 85.1 Å².